The zero-order chi connectivity index (χ0) is 9.90. The molecule has 1 rings (SSSR count). The van der Waals surface area contributed by atoms with Crippen LogP contribution in [-0.2, 0) is 6.32 Å². The van der Waals surface area contributed by atoms with E-state index < -0.39 is 13.3 Å². The van der Waals surface area contributed by atoms with Crippen molar-refractivity contribution in [1.82, 2.24) is 4.98 Å². The van der Waals surface area contributed by atoms with Crippen molar-refractivity contribution in [1.29, 1.82) is 0 Å². The van der Waals surface area contributed by atoms with Crippen LogP contribution in [0.15, 0.2) is 18.2 Å². The maximum Gasteiger partial charge on any atom is 1.00 e. The summed E-state index contributed by atoms with van der Waals surface area (Å²) in [7, 11) is 0. The van der Waals surface area contributed by atoms with Crippen LogP contribution >= 0.6 is 0 Å². The standard InChI is InChI=1S/C8H6BF3N.K/c1-2-7-4-3-5-8(13-7)6-9(10,11)12;/h1,3-5H,6H2;/q-1;+1. The zero-order valence-corrected chi connectivity index (χ0v) is 10.8. The molecule has 0 bridgehead atoms. The van der Waals surface area contributed by atoms with E-state index in [-0.39, 0.29) is 62.8 Å². The van der Waals surface area contributed by atoms with Crippen LogP contribution in [0, 0.1) is 12.3 Å². The number of hydrogen-bond acceptors (Lipinski definition) is 1. The van der Waals surface area contributed by atoms with Crippen molar-refractivity contribution in [3.05, 3.63) is 29.6 Å². The van der Waals surface area contributed by atoms with Gasteiger partial charge in [-0.2, -0.15) is 0 Å². The monoisotopic (exact) mass is 223 g/mol. The van der Waals surface area contributed by atoms with Crippen LogP contribution < -0.4 is 51.4 Å². The second-order valence-corrected chi connectivity index (χ2v) is 2.57. The predicted octanol–water partition coefficient (Wildman–Crippen LogP) is -1.00. The minimum Gasteiger partial charge on any atom is -0.449 e. The van der Waals surface area contributed by atoms with E-state index in [1.54, 1.807) is 0 Å². The molecule has 1 nitrogen and oxygen atoms in total. The molecule has 0 atom stereocenters. The molecule has 68 valence electrons. The molecule has 0 aromatic carbocycles. The largest absolute Gasteiger partial charge is 1.00 e. The van der Waals surface area contributed by atoms with Gasteiger partial charge in [-0.25, -0.2) is 4.98 Å². The molecular formula is C8H6BF3KN. The molecule has 1 heterocycles. The molecule has 0 aliphatic heterocycles. The second kappa shape index (κ2) is 5.93. The molecule has 0 unspecified atom stereocenters. The first-order valence-corrected chi connectivity index (χ1v) is 3.65. The number of hydrogen-bond donors (Lipinski definition) is 0. The molecule has 0 aliphatic rings. The Morgan fingerprint density at radius 3 is 2.50 bits per heavy atom. The van der Waals surface area contributed by atoms with Crippen LogP contribution in [0.1, 0.15) is 11.4 Å². The molecule has 14 heavy (non-hydrogen) atoms. The molecular weight excluding hydrogens is 217 g/mol. The van der Waals surface area contributed by atoms with Gasteiger partial charge in [-0.1, -0.05) is 12.0 Å². The zero-order valence-electron chi connectivity index (χ0n) is 7.67. The van der Waals surface area contributed by atoms with Gasteiger partial charge in [0.25, 0.3) is 0 Å². The quantitative estimate of drug-likeness (QED) is 0.462. The Kier molecular flexibility index (Phi) is 6.02. The Bertz CT molecular complexity index is 345. The average molecular weight is 223 g/mol. The smallest absolute Gasteiger partial charge is 0.449 e. The maximum absolute atomic E-state index is 11.9. The first kappa shape index (κ1) is 14.2. The van der Waals surface area contributed by atoms with Crippen molar-refractivity contribution in [3.8, 4) is 12.3 Å². The number of rotatable bonds is 2. The fraction of sp³-hybridized carbons (Fsp3) is 0.125. The van der Waals surface area contributed by atoms with Crippen LogP contribution in [-0.4, -0.2) is 12.0 Å². The number of aromatic nitrogens is 1. The predicted molar refractivity (Wildman–Crippen MR) is 45.0 cm³/mol. The summed E-state index contributed by atoms with van der Waals surface area (Å²) in [6, 6.07) is 4.28. The van der Waals surface area contributed by atoms with E-state index in [2.05, 4.69) is 10.9 Å². The third kappa shape index (κ3) is 5.17. The van der Waals surface area contributed by atoms with Crippen LogP contribution in [0.4, 0.5) is 12.9 Å². The fourth-order valence-corrected chi connectivity index (χ4v) is 0.911. The van der Waals surface area contributed by atoms with E-state index in [1.807, 2.05) is 0 Å². The van der Waals surface area contributed by atoms with Gasteiger partial charge >= 0.3 is 58.4 Å². The van der Waals surface area contributed by atoms with E-state index in [0.717, 1.165) is 0 Å². The van der Waals surface area contributed by atoms with Gasteiger partial charge in [-0.15, -0.1) is 6.42 Å². The van der Waals surface area contributed by atoms with Crippen LogP contribution in [0.2, 0.25) is 0 Å². The van der Waals surface area contributed by atoms with Gasteiger partial charge in [0.05, 0.1) is 0 Å². The van der Waals surface area contributed by atoms with E-state index in [1.165, 1.54) is 18.2 Å². The summed E-state index contributed by atoms with van der Waals surface area (Å²) in [5, 5.41) is 0. The Hall–Kier alpha value is 0.201. The van der Waals surface area contributed by atoms with Crippen molar-refractivity contribution in [2.45, 2.75) is 6.32 Å². The second-order valence-electron chi connectivity index (χ2n) is 2.57. The van der Waals surface area contributed by atoms with Gasteiger partial charge < -0.3 is 12.9 Å². The molecule has 0 aliphatic carbocycles. The van der Waals surface area contributed by atoms with Crippen LogP contribution in [0.3, 0.4) is 0 Å². The normalized spacial score (nSPS) is 10.1. The number of terminal acetylenes is 1. The van der Waals surface area contributed by atoms with Gasteiger partial charge in [0, 0.05) is 5.69 Å². The molecule has 0 saturated heterocycles. The molecule has 0 spiro atoms. The Morgan fingerprint density at radius 1 is 1.36 bits per heavy atom. The maximum atomic E-state index is 11.9. The van der Waals surface area contributed by atoms with Crippen molar-refractivity contribution < 1.29 is 64.3 Å². The first-order valence-electron chi connectivity index (χ1n) is 3.65. The van der Waals surface area contributed by atoms with Gasteiger partial charge in [-0.3, -0.25) is 0 Å². The third-order valence-electron chi connectivity index (χ3n) is 1.40. The molecule has 6 heteroatoms. The minimum atomic E-state index is -4.83. The summed E-state index contributed by atoms with van der Waals surface area (Å²) in [5.41, 5.74) is 0.209. The van der Waals surface area contributed by atoms with E-state index in [0.29, 0.717) is 0 Å². The molecule has 1 aromatic rings. The number of nitrogens with zero attached hydrogens (tertiary/aromatic N) is 1. The van der Waals surface area contributed by atoms with Gasteiger partial charge in [-0.05, 0) is 18.5 Å². The van der Waals surface area contributed by atoms with Crippen molar-refractivity contribution >= 4 is 6.98 Å². The Balaban J connectivity index is 0.00000169. The molecule has 1 aromatic heterocycles. The van der Waals surface area contributed by atoms with Gasteiger partial charge in [0.15, 0.2) is 0 Å². The summed E-state index contributed by atoms with van der Waals surface area (Å²) >= 11 is 0. The van der Waals surface area contributed by atoms with Crippen LogP contribution in [0.5, 0.6) is 0 Å². The first-order chi connectivity index (χ1) is 6.01. The fourth-order valence-electron chi connectivity index (χ4n) is 0.911. The number of halogens is 3. The van der Waals surface area contributed by atoms with Gasteiger partial charge in [0.1, 0.15) is 5.69 Å². The third-order valence-corrected chi connectivity index (χ3v) is 1.40. The molecule has 0 radical (unpaired) electrons. The summed E-state index contributed by atoms with van der Waals surface area (Å²) in [5.74, 6) is 2.18. The molecule has 0 N–H and O–H groups in total. The van der Waals surface area contributed by atoms with Crippen LogP contribution in [0.25, 0.3) is 0 Å². The summed E-state index contributed by atoms with van der Waals surface area (Å²) < 4.78 is 35.8. The van der Waals surface area contributed by atoms with Gasteiger partial charge in [0.2, 0.25) is 0 Å². The van der Waals surface area contributed by atoms with E-state index in [9.17, 15) is 12.9 Å². The Labute approximate surface area is 123 Å². The van der Waals surface area contributed by atoms with Crippen molar-refractivity contribution in [3.63, 3.8) is 0 Å². The Morgan fingerprint density at radius 2 is 2.00 bits per heavy atom. The summed E-state index contributed by atoms with van der Waals surface area (Å²) in [6.07, 6.45) is 4.02. The van der Waals surface area contributed by atoms with E-state index in [4.69, 9.17) is 6.42 Å². The van der Waals surface area contributed by atoms with Crippen molar-refractivity contribution in [2.75, 3.05) is 0 Å². The topological polar surface area (TPSA) is 12.9 Å². The average Bonchev–Trinajstić information content (AvgIpc) is 2.01. The SMILES string of the molecule is C#Cc1cccc(C[B-](F)(F)F)n1.[K+]. The van der Waals surface area contributed by atoms with Crippen molar-refractivity contribution in [2.24, 2.45) is 0 Å². The molecule has 0 amide bonds. The minimum absolute atomic E-state index is 0. The number of pyridine rings is 1. The summed E-state index contributed by atoms with van der Waals surface area (Å²) in [4.78, 5) is 3.64. The summed E-state index contributed by atoms with van der Waals surface area (Å²) in [6.45, 7) is -4.83. The molecule has 0 fully saturated rings. The molecule has 0 saturated carbocycles. The van der Waals surface area contributed by atoms with E-state index >= 15 is 0 Å².